The summed E-state index contributed by atoms with van der Waals surface area (Å²) in [5, 5.41) is 0. The second-order valence-electron chi connectivity index (χ2n) is 4.37. The van der Waals surface area contributed by atoms with Crippen LogP contribution in [0.5, 0.6) is 0 Å². The van der Waals surface area contributed by atoms with Gasteiger partial charge >= 0.3 is 0 Å². The molecule has 0 N–H and O–H groups in total. The van der Waals surface area contributed by atoms with Gasteiger partial charge in [-0.3, -0.25) is 4.79 Å². The molecule has 1 aliphatic heterocycles. The van der Waals surface area contributed by atoms with Gasteiger partial charge in [0, 0.05) is 25.3 Å². The quantitative estimate of drug-likeness (QED) is 0.747. The smallest absolute Gasteiger partial charge is 0.227 e. The zero-order chi connectivity index (χ0) is 12.3. The highest BCUT2D eigenvalue weighted by Crippen LogP contribution is 2.28. The predicted molar refractivity (Wildman–Crippen MR) is 68.3 cm³/mol. The number of anilines is 1. The van der Waals surface area contributed by atoms with E-state index in [1.807, 2.05) is 11.8 Å². The third-order valence-electron chi connectivity index (χ3n) is 3.10. The lowest BCUT2D eigenvalue weighted by atomic mass is 9.99. The minimum absolute atomic E-state index is 0.211. The standard InChI is InChI=1S/C14H19NO2/c1-3-17-9-8-15-13-10-11(2)4-5-12(13)6-7-14(15)16/h4-5,10H,3,6-9H2,1-2H3. The molecule has 0 aliphatic carbocycles. The van der Waals surface area contributed by atoms with Crippen molar-refractivity contribution in [3.05, 3.63) is 29.3 Å². The molecule has 1 aromatic carbocycles. The first-order valence-corrected chi connectivity index (χ1v) is 6.20. The Morgan fingerprint density at radius 3 is 2.94 bits per heavy atom. The Hall–Kier alpha value is -1.35. The Labute approximate surface area is 102 Å². The summed E-state index contributed by atoms with van der Waals surface area (Å²) in [5.41, 5.74) is 3.53. The number of hydrogen-bond donors (Lipinski definition) is 0. The maximum atomic E-state index is 11.9. The monoisotopic (exact) mass is 233 g/mol. The van der Waals surface area contributed by atoms with Crippen molar-refractivity contribution >= 4 is 11.6 Å². The number of nitrogens with zero attached hydrogens (tertiary/aromatic N) is 1. The van der Waals surface area contributed by atoms with Gasteiger partial charge in [-0.25, -0.2) is 0 Å². The van der Waals surface area contributed by atoms with Gasteiger partial charge < -0.3 is 9.64 Å². The van der Waals surface area contributed by atoms with Crippen LogP contribution >= 0.6 is 0 Å². The average molecular weight is 233 g/mol. The van der Waals surface area contributed by atoms with Gasteiger partial charge in [0.05, 0.1) is 6.61 Å². The highest BCUT2D eigenvalue weighted by molar-refractivity contribution is 5.96. The van der Waals surface area contributed by atoms with E-state index >= 15 is 0 Å². The van der Waals surface area contributed by atoms with Gasteiger partial charge in [-0.05, 0) is 37.5 Å². The lowest BCUT2D eigenvalue weighted by Crippen LogP contribution is -2.37. The summed E-state index contributed by atoms with van der Waals surface area (Å²) in [6.45, 7) is 5.98. The van der Waals surface area contributed by atoms with Crippen molar-refractivity contribution in [3.63, 3.8) is 0 Å². The number of benzene rings is 1. The minimum atomic E-state index is 0.211. The zero-order valence-corrected chi connectivity index (χ0v) is 10.5. The van der Waals surface area contributed by atoms with Crippen molar-refractivity contribution in [3.8, 4) is 0 Å². The first-order valence-electron chi connectivity index (χ1n) is 6.20. The molecule has 92 valence electrons. The van der Waals surface area contributed by atoms with Crippen LogP contribution in [0.4, 0.5) is 5.69 Å². The number of rotatable bonds is 4. The van der Waals surface area contributed by atoms with E-state index in [0.29, 0.717) is 26.2 Å². The average Bonchev–Trinajstić information content (AvgIpc) is 2.32. The summed E-state index contributed by atoms with van der Waals surface area (Å²) in [6, 6.07) is 6.33. The predicted octanol–water partition coefficient (Wildman–Crippen LogP) is 2.31. The van der Waals surface area contributed by atoms with Crippen molar-refractivity contribution in [2.75, 3.05) is 24.7 Å². The molecule has 0 unspecified atom stereocenters. The van der Waals surface area contributed by atoms with Crippen LogP contribution in [0.25, 0.3) is 0 Å². The van der Waals surface area contributed by atoms with Gasteiger partial charge in [0.15, 0.2) is 0 Å². The molecule has 0 radical (unpaired) electrons. The summed E-state index contributed by atoms with van der Waals surface area (Å²) in [6.07, 6.45) is 1.47. The Morgan fingerprint density at radius 2 is 2.18 bits per heavy atom. The molecule has 0 saturated carbocycles. The van der Waals surface area contributed by atoms with Gasteiger partial charge in [-0.2, -0.15) is 0 Å². The van der Waals surface area contributed by atoms with E-state index in [2.05, 4.69) is 25.1 Å². The number of fused-ring (bicyclic) bond motifs is 1. The van der Waals surface area contributed by atoms with E-state index in [1.165, 1.54) is 11.1 Å². The Morgan fingerprint density at radius 1 is 1.35 bits per heavy atom. The molecule has 0 saturated heterocycles. The number of aryl methyl sites for hydroxylation is 2. The molecule has 1 amide bonds. The van der Waals surface area contributed by atoms with Crippen LogP contribution in [0.2, 0.25) is 0 Å². The second-order valence-corrected chi connectivity index (χ2v) is 4.37. The van der Waals surface area contributed by atoms with Gasteiger partial charge in [-0.15, -0.1) is 0 Å². The lowest BCUT2D eigenvalue weighted by Gasteiger charge is -2.29. The van der Waals surface area contributed by atoms with E-state index in [4.69, 9.17) is 4.74 Å². The first kappa shape index (κ1) is 12.1. The third-order valence-corrected chi connectivity index (χ3v) is 3.10. The van der Waals surface area contributed by atoms with Crippen molar-refractivity contribution in [1.29, 1.82) is 0 Å². The van der Waals surface area contributed by atoms with Crippen LogP contribution in [0.15, 0.2) is 18.2 Å². The Balaban J connectivity index is 2.20. The SMILES string of the molecule is CCOCCN1C(=O)CCc2ccc(C)cc21. The molecule has 0 aromatic heterocycles. The van der Waals surface area contributed by atoms with Crippen LogP contribution in [-0.4, -0.2) is 25.7 Å². The Kier molecular flexibility index (Phi) is 3.79. The molecule has 0 spiro atoms. The van der Waals surface area contributed by atoms with Gasteiger partial charge in [0.25, 0.3) is 0 Å². The molecule has 1 aliphatic rings. The van der Waals surface area contributed by atoms with E-state index in [9.17, 15) is 4.79 Å². The number of ether oxygens (including phenoxy) is 1. The Bertz CT molecular complexity index is 415. The zero-order valence-electron chi connectivity index (χ0n) is 10.5. The van der Waals surface area contributed by atoms with Crippen LogP contribution in [-0.2, 0) is 16.0 Å². The van der Waals surface area contributed by atoms with Crippen LogP contribution in [0, 0.1) is 6.92 Å². The molecule has 3 nitrogen and oxygen atoms in total. The molecular formula is C14H19NO2. The highest BCUT2D eigenvalue weighted by atomic mass is 16.5. The molecule has 3 heteroatoms. The van der Waals surface area contributed by atoms with Gasteiger partial charge in [-0.1, -0.05) is 12.1 Å². The minimum Gasteiger partial charge on any atom is -0.380 e. The van der Waals surface area contributed by atoms with E-state index in [0.717, 1.165) is 12.1 Å². The van der Waals surface area contributed by atoms with Gasteiger partial charge in [0.1, 0.15) is 0 Å². The fourth-order valence-corrected chi connectivity index (χ4v) is 2.19. The van der Waals surface area contributed by atoms with Crippen LogP contribution in [0.1, 0.15) is 24.5 Å². The summed E-state index contributed by atoms with van der Waals surface area (Å²) in [5.74, 6) is 0.211. The molecule has 1 aromatic rings. The largest absolute Gasteiger partial charge is 0.380 e. The molecule has 0 fully saturated rings. The summed E-state index contributed by atoms with van der Waals surface area (Å²) >= 11 is 0. The number of hydrogen-bond acceptors (Lipinski definition) is 2. The first-order chi connectivity index (χ1) is 8.22. The molecule has 0 bridgehead atoms. The maximum absolute atomic E-state index is 11.9. The topological polar surface area (TPSA) is 29.5 Å². The van der Waals surface area contributed by atoms with E-state index in [-0.39, 0.29) is 5.91 Å². The fraction of sp³-hybridized carbons (Fsp3) is 0.500. The van der Waals surface area contributed by atoms with Crippen LogP contribution < -0.4 is 4.90 Å². The number of amides is 1. The van der Waals surface area contributed by atoms with Crippen molar-refractivity contribution in [2.24, 2.45) is 0 Å². The van der Waals surface area contributed by atoms with Crippen molar-refractivity contribution in [1.82, 2.24) is 0 Å². The number of carbonyl (C=O) groups excluding carboxylic acids is 1. The van der Waals surface area contributed by atoms with Crippen molar-refractivity contribution in [2.45, 2.75) is 26.7 Å². The molecular weight excluding hydrogens is 214 g/mol. The van der Waals surface area contributed by atoms with E-state index < -0.39 is 0 Å². The van der Waals surface area contributed by atoms with Crippen molar-refractivity contribution < 1.29 is 9.53 Å². The lowest BCUT2D eigenvalue weighted by molar-refractivity contribution is -0.119. The summed E-state index contributed by atoms with van der Waals surface area (Å²) in [4.78, 5) is 13.8. The number of carbonyl (C=O) groups is 1. The molecule has 17 heavy (non-hydrogen) atoms. The highest BCUT2D eigenvalue weighted by Gasteiger charge is 2.23. The molecule has 2 rings (SSSR count). The van der Waals surface area contributed by atoms with Crippen LogP contribution in [0.3, 0.4) is 0 Å². The summed E-state index contributed by atoms with van der Waals surface area (Å²) in [7, 11) is 0. The summed E-state index contributed by atoms with van der Waals surface area (Å²) < 4.78 is 5.34. The maximum Gasteiger partial charge on any atom is 0.227 e. The normalized spacial score (nSPS) is 14.9. The van der Waals surface area contributed by atoms with Gasteiger partial charge in [0.2, 0.25) is 5.91 Å². The second kappa shape index (κ2) is 5.32. The third kappa shape index (κ3) is 2.67. The molecule has 1 heterocycles. The molecule has 0 atom stereocenters. The fourth-order valence-electron chi connectivity index (χ4n) is 2.19. The van der Waals surface area contributed by atoms with E-state index in [1.54, 1.807) is 0 Å².